The quantitative estimate of drug-likeness (QED) is 0.268. The van der Waals surface area contributed by atoms with Gasteiger partial charge in [-0.05, 0) is 17.5 Å². The van der Waals surface area contributed by atoms with Crippen molar-refractivity contribution in [3.8, 4) is 0 Å². The molecule has 0 spiro atoms. The largest absolute Gasteiger partial charge is 0.480 e. The molecule has 4 N–H and O–H groups in total. The molecule has 0 aliphatic carbocycles. The number of nitrogens with two attached hydrogens (primary N) is 1. The molecule has 0 aliphatic rings. The van der Waals surface area contributed by atoms with Crippen LogP contribution in [0.2, 0.25) is 0 Å². The maximum Gasteiger partial charge on any atom is 0.326 e. The van der Waals surface area contributed by atoms with Crippen LogP contribution in [0, 0.1) is 0 Å². The first kappa shape index (κ1) is 22.4. The number of carboxylic acid groups (broad SMARTS) is 1. The van der Waals surface area contributed by atoms with Gasteiger partial charge in [0.05, 0.1) is 6.04 Å². The van der Waals surface area contributed by atoms with Crippen LogP contribution in [0.5, 0.6) is 0 Å². The molecule has 28 heavy (non-hydrogen) atoms. The van der Waals surface area contributed by atoms with Gasteiger partial charge < -0.3 is 21.7 Å². The van der Waals surface area contributed by atoms with Crippen molar-refractivity contribution < 1.29 is 24.3 Å². The molecule has 0 saturated carbocycles. The molecule has 8 heteroatoms. The molecule has 0 fully saturated rings. The molecule has 2 aromatic carbocycles. The fraction of sp³-hybridized carbons (Fsp3) is 0.200. The SMILES string of the molecule is NC(Cc1ccccc1)C(=O)N[C@@H](Cc1ccccc1)C(=O)O.[N-]=[N+]=CC=O. The summed E-state index contributed by atoms with van der Waals surface area (Å²) in [5, 5.41) is 11.8. The number of hydrogen-bond acceptors (Lipinski definition) is 4. The summed E-state index contributed by atoms with van der Waals surface area (Å²) in [4.78, 5) is 35.0. The van der Waals surface area contributed by atoms with Crippen molar-refractivity contribution in [3.05, 3.63) is 77.3 Å². The highest BCUT2D eigenvalue weighted by Gasteiger charge is 2.23. The van der Waals surface area contributed by atoms with Crippen LogP contribution in [0.4, 0.5) is 0 Å². The Kier molecular flexibility index (Phi) is 10.2. The number of nitrogens with zero attached hydrogens (tertiary/aromatic N) is 2. The van der Waals surface area contributed by atoms with E-state index in [2.05, 4.69) is 10.1 Å². The fourth-order valence-corrected chi connectivity index (χ4v) is 2.32. The van der Waals surface area contributed by atoms with Crippen molar-refractivity contribution >= 4 is 24.4 Å². The van der Waals surface area contributed by atoms with Crippen LogP contribution in [-0.2, 0) is 27.2 Å². The Morgan fingerprint density at radius 2 is 1.54 bits per heavy atom. The maximum atomic E-state index is 12.2. The fourth-order valence-electron chi connectivity index (χ4n) is 2.32. The number of rotatable bonds is 8. The number of benzene rings is 2. The minimum Gasteiger partial charge on any atom is -0.480 e. The van der Waals surface area contributed by atoms with E-state index in [1.165, 1.54) is 0 Å². The maximum absolute atomic E-state index is 12.2. The number of carbonyl (C=O) groups is 3. The van der Waals surface area contributed by atoms with Gasteiger partial charge in [-0.3, -0.25) is 9.59 Å². The molecule has 0 aliphatic heterocycles. The van der Waals surface area contributed by atoms with Gasteiger partial charge in [-0.15, -0.1) is 0 Å². The molecule has 146 valence electrons. The molecule has 2 aromatic rings. The Balaban J connectivity index is 0.000000696. The lowest BCUT2D eigenvalue weighted by Gasteiger charge is -2.18. The van der Waals surface area contributed by atoms with Gasteiger partial charge in [0.15, 0.2) is 0 Å². The predicted molar refractivity (Wildman–Crippen MR) is 104 cm³/mol. The molecule has 0 bridgehead atoms. The van der Waals surface area contributed by atoms with Crippen LogP contribution >= 0.6 is 0 Å². The normalized spacial score (nSPS) is 11.6. The second-order valence-corrected chi connectivity index (χ2v) is 5.79. The summed E-state index contributed by atoms with van der Waals surface area (Å²) in [6.07, 6.45) is 1.73. The van der Waals surface area contributed by atoms with E-state index in [9.17, 15) is 14.7 Å². The molecular weight excluding hydrogens is 360 g/mol. The van der Waals surface area contributed by atoms with E-state index < -0.39 is 24.0 Å². The second kappa shape index (κ2) is 12.7. The minimum absolute atomic E-state index is 0.222. The zero-order valence-electron chi connectivity index (χ0n) is 15.1. The molecular formula is C20H22N4O4. The van der Waals surface area contributed by atoms with E-state index in [0.717, 1.165) is 17.3 Å². The van der Waals surface area contributed by atoms with E-state index in [1.54, 1.807) is 0 Å². The molecule has 0 heterocycles. The number of hydrogen-bond donors (Lipinski definition) is 3. The van der Waals surface area contributed by atoms with Crippen LogP contribution in [0.15, 0.2) is 60.7 Å². The van der Waals surface area contributed by atoms with Crippen molar-refractivity contribution in [1.82, 2.24) is 5.32 Å². The average molecular weight is 382 g/mol. The Bertz CT molecular complexity index is 805. The van der Waals surface area contributed by atoms with Gasteiger partial charge in [0.2, 0.25) is 12.2 Å². The van der Waals surface area contributed by atoms with Crippen LogP contribution in [0.1, 0.15) is 11.1 Å². The van der Waals surface area contributed by atoms with Crippen LogP contribution in [-0.4, -0.2) is 46.4 Å². The molecule has 2 rings (SSSR count). The lowest BCUT2D eigenvalue weighted by molar-refractivity contribution is -0.142. The Labute approximate surface area is 162 Å². The van der Waals surface area contributed by atoms with Gasteiger partial charge in [0.25, 0.3) is 0 Å². The lowest BCUT2D eigenvalue weighted by atomic mass is 10.0. The first-order chi connectivity index (χ1) is 13.5. The molecule has 0 radical (unpaired) electrons. The van der Waals surface area contributed by atoms with Crippen molar-refractivity contribution in [3.63, 3.8) is 0 Å². The highest BCUT2D eigenvalue weighted by atomic mass is 16.4. The van der Waals surface area contributed by atoms with Crippen LogP contribution in [0.25, 0.3) is 5.53 Å². The summed E-state index contributed by atoms with van der Waals surface area (Å²) < 4.78 is 0. The summed E-state index contributed by atoms with van der Waals surface area (Å²) in [5.41, 5.74) is 15.1. The highest BCUT2D eigenvalue weighted by Crippen LogP contribution is 2.05. The van der Waals surface area contributed by atoms with Gasteiger partial charge in [-0.1, -0.05) is 60.7 Å². The van der Waals surface area contributed by atoms with Crippen molar-refractivity contribution in [2.24, 2.45) is 5.73 Å². The van der Waals surface area contributed by atoms with E-state index in [0.29, 0.717) is 12.7 Å². The average Bonchev–Trinajstić information content (AvgIpc) is 2.70. The molecule has 1 amide bonds. The third-order valence-corrected chi connectivity index (χ3v) is 3.66. The Hall–Kier alpha value is -3.61. The number of nitrogens with one attached hydrogen (secondary N) is 1. The van der Waals surface area contributed by atoms with E-state index in [-0.39, 0.29) is 6.42 Å². The molecule has 2 atom stereocenters. The first-order valence-corrected chi connectivity index (χ1v) is 8.45. The van der Waals surface area contributed by atoms with Gasteiger partial charge in [-0.25, -0.2) is 4.79 Å². The highest BCUT2D eigenvalue weighted by molar-refractivity contribution is 6.09. The summed E-state index contributed by atoms with van der Waals surface area (Å²) in [7, 11) is 0. The Morgan fingerprint density at radius 1 is 1.04 bits per heavy atom. The van der Waals surface area contributed by atoms with Crippen molar-refractivity contribution in [2.45, 2.75) is 24.9 Å². The van der Waals surface area contributed by atoms with Crippen LogP contribution < -0.4 is 11.1 Å². The topological polar surface area (TPSA) is 146 Å². The van der Waals surface area contributed by atoms with E-state index in [4.69, 9.17) is 16.1 Å². The summed E-state index contributed by atoms with van der Waals surface area (Å²) in [5.74, 6) is -1.54. The number of amides is 1. The number of aldehydes is 1. The van der Waals surface area contributed by atoms with E-state index in [1.807, 2.05) is 60.7 Å². The molecule has 0 aromatic heterocycles. The summed E-state index contributed by atoms with van der Waals surface area (Å²) in [6, 6.07) is 16.8. The zero-order valence-corrected chi connectivity index (χ0v) is 15.1. The zero-order chi connectivity index (χ0) is 20.8. The van der Waals surface area contributed by atoms with Gasteiger partial charge in [0.1, 0.15) is 6.04 Å². The molecule has 1 unspecified atom stereocenters. The number of carbonyl (C=O) groups excluding carboxylic acids is 2. The van der Waals surface area contributed by atoms with Gasteiger partial charge in [0, 0.05) is 6.42 Å². The third kappa shape index (κ3) is 8.66. The lowest BCUT2D eigenvalue weighted by Crippen LogP contribution is -2.50. The van der Waals surface area contributed by atoms with Gasteiger partial charge >= 0.3 is 12.2 Å². The summed E-state index contributed by atoms with van der Waals surface area (Å²) >= 11 is 0. The Morgan fingerprint density at radius 3 is 1.93 bits per heavy atom. The predicted octanol–water partition coefficient (Wildman–Crippen LogP) is 0.854. The monoisotopic (exact) mass is 382 g/mol. The number of aliphatic carboxylic acids is 1. The third-order valence-electron chi connectivity index (χ3n) is 3.66. The molecule has 8 nitrogen and oxygen atoms in total. The molecule has 0 saturated heterocycles. The smallest absolute Gasteiger partial charge is 0.326 e. The van der Waals surface area contributed by atoms with Crippen LogP contribution in [0.3, 0.4) is 0 Å². The van der Waals surface area contributed by atoms with Crippen molar-refractivity contribution in [1.29, 1.82) is 0 Å². The second-order valence-electron chi connectivity index (χ2n) is 5.79. The first-order valence-electron chi connectivity index (χ1n) is 8.45. The minimum atomic E-state index is -1.07. The van der Waals surface area contributed by atoms with Crippen molar-refractivity contribution in [2.75, 3.05) is 0 Å². The summed E-state index contributed by atoms with van der Waals surface area (Å²) in [6.45, 7) is 0. The standard InChI is InChI=1S/C18H20N2O3.C2H2N2O/c19-15(11-13-7-3-1-4-8-13)17(21)20-16(18(22)23)12-14-9-5-2-6-10-14;3-4-1-2-5/h1-10,15-16H,11-12,19H2,(H,20,21)(H,22,23);1-2H/t15?,16-;/m0./s1. The number of carboxylic acids is 1. The van der Waals surface area contributed by atoms with Gasteiger partial charge in [-0.2, -0.15) is 4.79 Å². The van der Waals surface area contributed by atoms with E-state index >= 15 is 0 Å².